The van der Waals surface area contributed by atoms with Crippen molar-refractivity contribution in [2.75, 3.05) is 0 Å². The summed E-state index contributed by atoms with van der Waals surface area (Å²) in [6.07, 6.45) is 4.96. The second-order valence-electron chi connectivity index (χ2n) is 4.45. The number of amides is 1. The molecule has 1 amide bonds. The summed E-state index contributed by atoms with van der Waals surface area (Å²) < 4.78 is 0. The van der Waals surface area contributed by atoms with Gasteiger partial charge >= 0.3 is 0 Å². The van der Waals surface area contributed by atoms with Crippen LogP contribution in [0, 0.1) is 0 Å². The van der Waals surface area contributed by atoms with Crippen LogP contribution in [0.15, 0.2) is 54.9 Å². The maximum absolute atomic E-state index is 11.8. The number of pyridine rings is 1. The number of phenolic OH excluding ortho intramolecular Hbond substituents is 1. The van der Waals surface area contributed by atoms with Gasteiger partial charge in [-0.05, 0) is 41.8 Å². The highest BCUT2D eigenvalue weighted by atomic mass is 16.3. The van der Waals surface area contributed by atoms with Crippen LogP contribution < -0.4 is 5.32 Å². The van der Waals surface area contributed by atoms with Gasteiger partial charge in [0.2, 0.25) is 5.91 Å². The lowest BCUT2D eigenvalue weighted by molar-refractivity contribution is -0.116. The van der Waals surface area contributed by atoms with Gasteiger partial charge in [0.05, 0.1) is 0 Å². The molecule has 2 rings (SSSR count). The van der Waals surface area contributed by atoms with Crippen LogP contribution in [0.2, 0.25) is 0 Å². The Labute approximate surface area is 117 Å². The van der Waals surface area contributed by atoms with E-state index in [9.17, 15) is 9.90 Å². The van der Waals surface area contributed by atoms with Gasteiger partial charge in [0, 0.05) is 25.0 Å². The van der Waals surface area contributed by atoms with E-state index in [0.29, 0.717) is 6.54 Å². The normalized spacial score (nSPS) is 11.2. The number of carbonyl (C=O) groups is 1. The van der Waals surface area contributed by atoms with Crippen molar-refractivity contribution in [3.05, 3.63) is 66.0 Å². The van der Waals surface area contributed by atoms with Crippen molar-refractivity contribution in [3.8, 4) is 5.75 Å². The number of benzene rings is 1. The number of hydrogen-bond acceptors (Lipinski definition) is 3. The van der Waals surface area contributed by atoms with E-state index in [1.165, 1.54) is 0 Å². The first-order chi connectivity index (χ1) is 9.65. The van der Waals surface area contributed by atoms with E-state index in [4.69, 9.17) is 0 Å². The first-order valence-electron chi connectivity index (χ1n) is 6.29. The van der Waals surface area contributed by atoms with Crippen LogP contribution in [0.25, 0.3) is 5.57 Å². The maximum Gasteiger partial charge on any atom is 0.244 e. The van der Waals surface area contributed by atoms with E-state index >= 15 is 0 Å². The molecule has 1 aromatic carbocycles. The largest absolute Gasteiger partial charge is 0.508 e. The number of nitrogens with zero attached hydrogens (tertiary/aromatic N) is 1. The van der Waals surface area contributed by atoms with Crippen molar-refractivity contribution < 1.29 is 9.90 Å². The van der Waals surface area contributed by atoms with Gasteiger partial charge in [-0.1, -0.05) is 18.2 Å². The molecule has 0 unspecified atom stereocenters. The smallest absolute Gasteiger partial charge is 0.244 e. The molecule has 20 heavy (non-hydrogen) atoms. The van der Waals surface area contributed by atoms with Crippen LogP contribution in [0.3, 0.4) is 0 Å². The second-order valence-corrected chi connectivity index (χ2v) is 4.45. The molecule has 102 valence electrons. The fraction of sp³-hybridized carbons (Fsp3) is 0.125. The summed E-state index contributed by atoms with van der Waals surface area (Å²) in [5.74, 6) is 0.0574. The zero-order valence-corrected chi connectivity index (χ0v) is 11.2. The monoisotopic (exact) mass is 268 g/mol. The molecule has 0 atom stereocenters. The van der Waals surface area contributed by atoms with Gasteiger partial charge in [-0.2, -0.15) is 0 Å². The molecule has 0 aliphatic rings. The molecule has 4 nitrogen and oxygen atoms in total. The van der Waals surface area contributed by atoms with Crippen molar-refractivity contribution >= 4 is 11.5 Å². The number of rotatable bonds is 4. The minimum absolute atomic E-state index is 0.153. The molecule has 1 aromatic heterocycles. The van der Waals surface area contributed by atoms with Gasteiger partial charge in [-0.3, -0.25) is 9.78 Å². The lowest BCUT2D eigenvalue weighted by Gasteiger charge is -2.04. The fourth-order valence-electron chi connectivity index (χ4n) is 1.75. The van der Waals surface area contributed by atoms with Gasteiger partial charge in [0.25, 0.3) is 0 Å². The molecule has 0 aliphatic carbocycles. The van der Waals surface area contributed by atoms with E-state index < -0.39 is 0 Å². The van der Waals surface area contributed by atoms with Gasteiger partial charge in [-0.15, -0.1) is 0 Å². The minimum atomic E-state index is -0.153. The van der Waals surface area contributed by atoms with Crippen molar-refractivity contribution in [3.63, 3.8) is 0 Å². The SMILES string of the molecule is CC(=CC(=O)NCc1cccnc1)c1ccc(O)cc1. The Hall–Kier alpha value is -2.62. The van der Waals surface area contributed by atoms with Crippen LogP contribution in [0.5, 0.6) is 5.75 Å². The predicted octanol–water partition coefficient (Wildman–Crippen LogP) is 2.51. The van der Waals surface area contributed by atoms with Crippen molar-refractivity contribution in [1.82, 2.24) is 10.3 Å². The van der Waals surface area contributed by atoms with Crippen molar-refractivity contribution in [1.29, 1.82) is 0 Å². The van der Waals surface area contributed by atoms with E-state index in [1.807, 2.05) is 19.1 Å². The summed E-state index contributed by atoms with van der Waals surface area (Å²) in [4.78, 5) is 15.8. The third kappa shape index (κ3) is 3.95. The molecular weight excluding hydrogens is 252 g/mol. The molecule has 0 fully saturated rings. The Kier molecular flexibility index (Phi) is 4.50. The minimum Gasteiger partial charge on any atom is -0.508 e. The first kappa shape index (κ1) is 13.8. The van der Waals surface area contributed by atoms with E-state index in [0.717, 1.165) is 16.7 Å². The quantitative estimate of drug-likeness (QED) is 0.837. The second kappa shape index (κ2) is 6.52. The molecular formula is C16H16N2O2. The number of phenols is 1. The van der Waals surface area contributed by atoms with Crippen molar-refractivity contribution in [2.45, 2.75) is 13.5 Å². The summed E-state index contributed by atoms with van der Waals surface area (Å²) >= 11 is 0. The molecule has 0 saturated carbocycles. The molecule has 0 radical (unpaired) electrons. The van der Waals surface area contributed by atoms with E-state index in [-0.39, 0.29) is 11.7 Å². The third-order valence-electron chi connectivity index (χ3n) is 2.86. The lowest BCUT2D eigenvalue weighted by atomic mass is 10.1. The number of aromatic nitrogens is 1. The molecule has 0 saturated heterocycles. The highest BCUT2D eigenvalue weighted by Gasteiger charge is 2.01. The Bertz CT molecular complexity index is 604. The summed E-state index contributed by atoms with van der Waals surface area (Å²) in [6.45, 7) is 2.31. The van der Waals surface area contributed by atoms with Crippen LogP contribution in [0.4, 0.5) is 0 Å². The Morgan fingerprint density at radius 2 is 2.05 bits per heavy atom. The predicted molar refractivity (Wildman–Crippen MR) is 77.8 cm³/mol. The van der Waals surface area contributed by atoms with E-state index in [2.05, 4.69) is 10.3 Å². The van der Waals surface area contributed by atoms with Crippen LogP contribution in [-0.4, -0.2) is 16.0 Å². The zero-order valence-electron chi connectivity index (χ0n) is 11.2. The van der Waals surface area contributed by atoms with Gasteiger partial charge in [0.1, 0.15) is 5.75 Å². The van der Waals surface area contributed by atoms with Crippen LogP contribution >= 0.6 is 0 Å². The average molecular weight is 268 g/mol. The lowest BCUT2D eigenvalue weighted by Crippen LogP contribution is -2.20. The summed E-state index contributed by atoms with van der Waals surface area (Å²) in [7, 11) is 0. The molecule has 2 N–H and O–H groups in total. The number of nitrogens with one attached hydrogen (secondary N) is 1. The standard InChI is InChI=1S/C16H16N2O2/c1-12(14-4-6-15(19)7-5-14)9-16(20)18-11-13-3-2-8-17-10-13/h2-10,19H,11H2,1H3,(H,18,20). The van der Waals surface area contributed by atoms with Gasteiger partial charge < -0.3 is 10.4 Å². The van der Waals surface area contributed by atoms with Gasteiger partial charge in [-0.25, -0.2) is 0 Å². The number of allylic oxidation sites excluding steroid dienone is 1. The molecule has 1 heterocycles. The van der Waals surface area contributed by atoms with Crippen LogP contribution in [0.1, 0.15) is 18.1 Å². The molecule has 0 aliphatic heterocycles. The molecule has 0 bridgehead atoms. The number of hydrogen-bond donors (Lipinski definition) is 2. The third-order valence-corrected chi connectivity index (χ3v) is 2.86. The highest BCUT2D eigenvalue weighted by Crippen LogP contribution is 2.17. The first-order valence-corrected chi connectivity index (χ1v) is 6.29. The van der Waals surface area contributed by atoms with Crippen LogP contribution in [-0.2, 0) is 11.3 Å². The summed E-state index contributed by atoms with van der Waals surface area (Å²) in [6, 6.07) is 10.5. The fourth-order valence-corrected chi connectivity index (χ4v) is 1.75. The topological polar surface area (TPSA) is 62.2 Å². The Morgan fingerprint density at radius 1 is 1.30 bits per heavy atom. The van der Waals surface area contributed by atoms with E-state index in [1.54, 1.807) is 42.7 Å². The molecule has 4 heteroatoms. The Morgan fingerprint density at radius 3 is 2.70 bits per heavy atom. The Balaban J connectivity index is 1.96. The summed E-state index contributed by atoms with van der Waals surface area (Å²) in [5, 5.41) is 12.0. The molecule has 0 spiro atoms. The summed E-state index contributed by atoms with van der Waals surface area (Å²) in [5.41, 5.74) is 2.70. The molecule has 2 aromatic rings. The zero-order chi connectivity index (χ0) is 14.4. The van der Waals surface area contributed by atoms with Gasteiger partial charge in [0.15, 0.2) is 0 Å². The maximum atomic E-state index is 11.8. The number of aromatic hydroxyl groups is 1. The highest BCUT2D eigenvalue weighted by molar-refractivity contribution is 5.94. The average Bonchev–Trinajstić information content (AvgIpc) is 2.47. The van der Waals surface area contributed by atoms with Crippen molar-refractivity contribution in [2.24, 2.45) is 0 Å². The number of carbonyl (C=O) groups excluding carboxylic acids is 1.